The summed E-state index contributed by atoms with van der Waals surface area (Å²) in [7, 11) is 0. The molecule has 0 aromatic heterocycles. The first-order valence-corrected chi connectivity index (χ1v) is 7.25. The standard InChI is InChI=1S/C19H16O4/c20-16-7-4-8-17(13-16)23-19(18(21)22)11-9-15(10-12-19)14-5-2-1-3-6-14/h1-11,13,20H,12H2,(H,21,22). The van der Waals surface area contributed by atoms with Crippen LogP contribution in [0.1, 0.15) is 12.0 Å². The molecule has 0 saturated heterocycles. The second-order valence-electron chi connectivity index (χ2n) is 5.36. The molecule has 1 aliphatic rings. The van der Waals surface area contributed by atoms with Gasteiger partial charge in [0.25, 0.3) is 0 Å². The van der Waals surface area contributed by atoms with E-state index in [0.29, 0.717) is 5.75 Å². The summed E-state index contributed by atoms with van der Waals surface area (Å²) in [5.74, 6) is -0.725. The predicted octanol–water partition coefficient (Wildman–Crippen LogP) is 3.64. The summed E-state index contributed by atoms with van der Waals surface area (Å²) in [6.45, 7) is 0. The Morgan fingerprint density at radius 1 is 1.09 bits per heavy atom. The third-order valence-corrected chi connectivity index (χ3v) is 3.74. The third kappa shape index (κ3) is 3.11. The van der Waals surface area contributed by atoms with Crippen molar-refractivity contribution in [3.8, 4) is 11.5 Å². The van der Waals surface area contributed by atoms with Crippen LogP contribution >= 0.6 is 0 Å². The van der Waals surface area contributed by atoms with Crippen LogP contribution in [0, 0.1) is 0 Å². The van der Waals surface area contributed by atoms with Crippen molar-refractivity contribution in [2.24, 2.45) is 0 Å². The Hall–Kier alpha value is -3.01. The zero-order valence-corrected chi connectivity index (χ0v) is 12.3. The summed E-state index contributed by atoms with van der Waals surface area (Å²) >= 11 is 0. The number of phenols is 1. The zero-order chi connectivity index (χ0) is 16.3. The van der Waals surface area contributed by atoms with Crippen molar-refractivity contribution in [2.45, 2.75) is 12.0 Å². The number of hydrogen-bond donors (Lipinski definition) is 2. The van der Waals surface area contributed by atoms with Crippen molar-refractivity contribution in [1.82, 2.24) is 0 Å². The molecule has 3 rings (SSSR count). The molecule has 0 amide bonds. The third-order valence-electron chi connectivity index (χ3n) is 3.74. The average molecular weight is 308 g/mol. The van der Waals surface area contributed by atoms with E-state index in [1.807, 2.05) is 36.4 Å². The molecule has 0 saturated carbocycles. The summed E-state index contributed by atoms with van der Waals surface area (Å²) in [6.07, 6.45) is 5.38. The van der Waals surface area contributed by atoms with Gasteiger partial charge in [0, 0.05) is 12.5 Å². The van der Waals surface area contributed by atoms with E-state index in [1.54, 1.807) is 24.3 Å². The molecule has 0 fully saturated rings. The Balaban J connectivity index is 1.86. The molecule has 1 aliphatic carbocycles. The van der Waals surface area contributed by atoms with Crippen LogP contribution in [0.3, 0.4) is 0 Å². The number of hydrogen-bond acceptors (Lipinski definition) is 3. The second kappa shape index (κ2) is 6.01. The van der Waals surface area contributed by atoms with E-state index >= 15 is 0 Å². The minimum atomic E-state index is -1.47. The number of ether oxygens (including phenoxy) is 1. The molecule has 2 aromatic carbocycles. The highest BCUT2D eigenvalue weighted by molar-refractivity contribution is 5.86. The van der Waals surface area contributed by atoms with Gasteiger partial charge in [0.15, 0.2) is 0 Å². The molecular weight excluding hydrogens is 292 g/mol. The van der Waals surface area contributed by atoms with Gasteiger partial charge >= 0.3 is 5.97 Å². The molecule has 0 bridgehead atoms. The fourth-order valence-corrected chi connectivity index (χ4v) is 2.50. The maximum Gasteiger partial charge on any atom is 0.352 e. The van der Waals surface area contributed by atoms with Crippen molar-refractivity contribution < 1.29 is 19.7 Å². The van der Waals surface area contributed by atoms with Crippen LogP contribution < -0.4 is 4.74 Å². The van der Waals surface area contributed by atoms with E-state index in [1.165, 1.54) is 12.1 Å². The molecule has 1 atom stereocenters. The number of aromatic hydroxyl groups is 1. The minimum Gasteiger partial charge on any atom is -0.508 e. The lowest BCUT2D eigenvalue weighted by molar-refractivity contribution is -0.150. The van der Waals surface area contributed by atoms with Crippen LogP contribution in [0.4, 0.5) is 0 Å². The normalized spacial score (nSPS) is 19.9. The fourth-order valence-electron chi connectivity index (χ4n) is 2.50. The molecule has 0 aliphatic heterocycles. The van der Waals surface area contributed by atoms with Crippen LogP contribution in [0.15, 0.2) is 72.8 Å². The topological polar surface area (TPSA) is 66.8 Å². The number of benzene rings is 2. The van der Waals surface area contributed by atoms with Gasteiger partial charge in [-0.15, -0.1) is 0 Å². The van der Waals surface area contributed by atoms with Crippen LogP contribution in [0.2, 0.25) is 0 Å². The number of rotatable bonds is 4. The molecule has 23 heavy (non-hydrogen) atoms. The number of allylic oxidation sites excluding steroid dienone is 2. The maximum absolute atomic E-state index is 11.7. The summed E-state index contributed by atoms with van der Waals surface area (Å²) in [6, 6.07) is 15.9. The summed E-state index contributed by atoms with van der Waals surface area (Å²) in [5.41, 5.74) is 0.522. The number of carbonyl (C=O) groups is 1. The molecular formula is C19H16O4. The van der Waals surface area contributed by atoms with E-state index in [4.69, 9.17) is 4.74 Å². The lowest BCUT2D eigenvalue weighted by atomic mass is 9.89. The first-order valence-electron chi connectivity index (χ1n) is 7.25. The SMILES string of the molecule is O=C(O)C1(Oc2cccc(O)c2)C=CC(c2ccccc2)=CC1. The molecule has 4 nitrogen and oxygen atoms in total. The molecule has 0 heterocycles. The van der Waals surface area contributed by atoms with Gasteiger partial charge < -0.3 is 14.9 Å². The molecule has 0 radical (unpaired) electrons. The maximum atomic E-state index is 11.7. The molecule has 116 valence electrons. The highest BCUT2D eigenvalue weighted by atomic mass is 16.5. The monoisotopic (exact) mass is 308 g/mol. The van der Waals surface area contributed by atoms with Crippen LogP contribution in [0.5, 0.6) is 11.5 Å². The van der Waals surface area contributed by atoms with Crippen LogP contribution in [0.25, 0.3) is 5.57 Å². The molecule has 2 aromatic rings. The van der Waals surface area contributed by atoms with Gasteiger partial charge in [0.05, 0.1) is 0 Å². The molecule has 4 heteroatoms. The van der Waals surface area contributed by atoms with Crippen molar-refractivity contribution in [2.75, 3.05) is 0 Å². The Morgan fingerprint density at radius 3 is 2.48 bits per heavy atom. The molecule has 1 unspecified atom stereocenters. The van der Waals surface area contributed by atoms with Crippen molar-refractivity contribution in [3.63, 3.8) is 0 Å². The van der Waals surface area contributed by atoms with Crippen LogP contribution in [-0.4, -0.2) is 21.8 Å². The first kappa shape index (κ1) is 14.9. The van der Waals surface area contributed by atoms with E-state index in [9.17, 15) is 15.0 Å². The molecule has 2 N–H and O–H groups in total. The van der Waals surface area contributed by atoms with Gasteiger partial charge in [-0.2, -0.15) is 0 Å². The summed E-state index contributed by atoms with van der Waals surface area (Å²) in [4.78, 5) is 11.7. The van der Waals surface area contributed by atoms with Crippen LogP contribution in [-0.2, 0) is 4.79 Å². The van der Waals surface area contributed by atoms with E-state index in [-0.39, 0.29) is 12.2 Å². The molecule has 0 spiro atoms. The number of carboxylic acids is 1. The van der Waals surface area contributed by atoms with Gasteiger partial charge in [-0.1, -0.05) is 48.6 Å². The Morgan fingerprint density at radius 2 is 1.87 bits per heavy atom. The summed E-state index contributed by atoms with van der Waals surface area (Å²) < 4.78 is 5.68. The predicted molar refractivity (Wildman–Crippen MR) is 87.3 cm³/mol. The lowest BCUT2D eigenvalue weighted by Crippen LogP contribution is -2.43. The van der Waals surface area contributed by atoms with Gasteiger partial charge in [-0.3, -0.25) is 0 Å². The highest BCUT2D eigenvalue weighted by Gasteiger charge is 2.39. The van der Waals surface area contributed by atoms with Crippen molar-refractivity contribution >= 4 is 11.5 Å². The second-order valence-corrected chi connectivity index (χ2v) is 5.36. The average Bonchev–Trinajstić information content (AvgIpc) is 2.56. The van der Waals surface area contributed by atoms with E-state index < -0.39 is 11.6 Å². The van der Waals surface area contributed by atoms with Gasteiger partial charge in [-0.25, -0.2) is 4.79 Å². The summed E-state index contributed by atoms with van der Waals surface area (Å²) in [5, 5.41) is 19.1. The zero-order valence-electron chi connectivity index (χ0n) is 12.3. The lowest BCUT2D eigenvalue weighted by Gasteiger charge is -2.29. The smallest absolute Gasteiger partial charge is 0.352 e. The Bertz CT molecular complexity index is 777. The van der Waals surface area contributed by atoms with E-state index in [0.717, 1.165) is 11.1 Å². The van der Waals surface area contributed by atoms with Gasteiger partial charge in [-0.05, 0) is 29.3 Å². The van der Waals surface area contributed by atoms with Gasteiger partial charge in [0.1, 0.15) is 11.5 Å². The van der Waals surface area contributed by atoms with E-state index in [2.05, 4.69) is 0 Å². The Labute approximate surface area is 134 Å². The Kier molecular flexibility index (Phi) is 3.89. The van der Waals surface area contributed by atoms with Crippen molar-refractivity contribution in [3.05, 3.63) is 78.4 Å². The quantitative estimate of drug-likeness (QED) is 0.905. The first-order chi connectivity index (χ1) is 11.1. The van der Waals surface area contributed by atoms with Gasteiger partial charge in [0.2, 0.25) is 5.60 Å². The fraction of sp³-hybridized carbons (Fsp3) is 0.105. The van der Waals surface area contributed by atoms with Crippen molar-refractivity contribution in [1.29, 1.82) is 0 Å². The highest BCUT2D eigenvalue weighted by Crippen LogP contribution is 2.32. The largest absolute Gasteiger partial charge is 0.508 e. The number of aliphatic carboxylic acids is 1. The number of carboxylic acid groups (broad SMARTS) is 1. The number of phenolic OH excluding ortho intramolecular Hbond substituents is 1. The minimum absolute atomic E-state index is 0.0309.